The van der Waals surface area contributed by atoms with Gasteiger partial charge >= 0.3 is 0 Å². The summed E-state index contributed by atoms with van der Waals surface area (Å²) in [7, 11) is 0. The number of alkyl halides is 1. The summed E-state index contributed by atoms with van der Waals surface area (Å²) in [6.45, 7) is 7.50. The number of hydrogen-bond donors (Lipinski definition) is 0. The first-order chi connectivity index (χ1) is 7.76. The molecule has 16 heavy (non-hydrogen) atoms. The van der Waals surface area contributed by atoms with Crippen LogP contribution in [0.25, 0.3) is 0 Å². The van der Waals surface area contributed by atoms with E-state index in [0.29, 0.717) is 0 Å². The lowest BCUT2D eigenvalue weighted by atomic mass is 10.1. The molecule has 1 aromatic carbocycles. The molecule has 0 fully saturated rings. The third kappa shape index (κ3) is 5.00. The van der Waals surface area contributed by atoms with Crippen LogP contribution in [0, 0.1) is 6.92 Å². The Morgan fingerprint density at radius 3 is 2.38 bits per heavy atom. The van der Waals surface area contributed by atoms with E-state index in [-0.39, 0.29) is 0 Å². The van der Waals surface area contributed by atoms with Crippen molar-refractivity contribution >= 4 is 11.6 Å². The molecule has 90 valence electrons. The van der Waals surface area contributed by atoms with E-state index < -0.39 is 0 Å². The van der Waals surface area contributed by atoms with Gasteiger partial charge in [0, 0.05) is 19.0 Å². The fraction of sp³-hybridized carbons (Fsp3) is 0.571. The highest BCUT2D eigenvalue weighted by atomic mass is 35.5. The Morgan fingerprint density at radius 2 is 1.81 bits per heavy atom. The molecule has 0 N–H and O–H groups in total. The van der Waals surface area contributed by atoms with Gasteiger partial charge in [-0.05, 0) is 25.5 Å². The van der Waals surface area contributed by atoms with E-state index in [1.54, 1.807) is 0 Å². The van der Waals surface area contributed by atoms with Crippen LogP contribution >= 0.6 is 11.6 Å². The maximum Gasteiger partial charge on any atom is 0.0351 e. The molecule has 0 aliphatic rings. The maximum atomic E-state index is 5.82. The SMILES string of the molecule is CCCCN(CCCl)Cc1ccc(C)cc1. The van der Waals surface area contributed by atoms with Crippen LogP contribution in [0.1, 0.15) is 30.9 Å². The van der Waals surface area contributed by atoms with E-state index in [4.69, 9.17) is 11.6 Å². The average molecular weight is 240 g/mol. The predicted octanol–water partition coefficient (Wildman–Crippen LogP) is 3.84. The molecule has 0 amide bonds. The Bertz CT molecular complexity index is 281. The summed E-state index contributed by atoms with van der Waals surface area (Å²) < 4.78 is 0. The molecule has 0 radical (unpaired) electrons. The van der Waals surface area contributed by atoms with Gasteiger partial charge in [-0.25, -0.2) is 0 Å². The molecule has 0 atom stereocenters. The quantitative estimate of drug-likeness (QED) is 0.654. The van der Waals surface area contributed by atoms with Crippen LogP contribution in [-0.2, 0) is 6.54 Å². The molecule has 2 heteroatoms. The first-order valence-corrected chi connectivity index (χ1v) is 6.63. The molecular weight excluding hydrogens is 218 g/mol. The Kier molecular flexibility index (Phi) is 6.51. The monoisotopic (exact) mass is 239 g/mol. The van der Waals surface area contributed by atoms with Gasteiger partial charge in [0.25, 0.3) is 0 Å². The van der Waals surface area contributed by atoms with Crippen LogP contribution in [0.3, 0.4) is 0 Å². The van der Waals surface area contributed by atoms with E-state index in [0.717, 1.165) is 25.5 Å². The van der Waals surface area contributed by atoms with Gasteiger partial charge in [0.05, 0.1) is 0 Å². The van der Waals surface area contributed by atoms with Crippen LogP contribution in [0.15, 0.2) is 24.3 Å². The van der Waals surface area contributed by atoms with Crippen molar-refractivity contribution in [2.24, 2.45) is 0 Å². The zero-order chi connectivity index (χ0) is 11.8. The van der Waals surface area contributed by atoms with Crippen molar-refractivity contribution in [3.05, 3.63) is 35.4 Å². The topological polar surface area (TPSA) is 3.24 Å². The van der Waals surface area contributed by atoms with Crippen molar-refractivity contribution in [2.45, 2.75) is 33.2 Å². The summed E-state index contributed by atoms with van der Waals surface area (Å²) in [5.74, 6) is 0.718. The Hall–Kier alpha value is -0.530. The van der Waals surface area contributed by atoms with Crippen LogP contribution in [0.5, 0.6) is 0 Å². The third-order valence-electron chi connectivity index (χ3n) is 2.76. The molecule has 1 rings (SSSR count). The number of nitrogens with zero attached hydrogens (tertiary/aromatic N) is 1. The molecule has 1 nitrogen and oxygen atoms in total. The van der Waals surface area contributed by atoms with E-state index in [2.05, 4.69) is 43.0 Å². The standard InChI is InChI=1S/C14H22ClN/c1-3-4-10-16(11-9-15)12-14-7-5-13(2)6-8-14/h5-8H,3-4,9-12H2,1-2H3. The van der Waals surface area contributed by atoms with E-state index in [9.17, 15) is 0 Å². The van der Waals surface area contributed by atoms with Crippen molar-refractivity contribution in [3.8, 4) is 0 Å². The number of halogens is 1. The molecule has 0 saturated carbocycles. The van der Waals surface area contributed by atoms with E-state index in [1.165, 1.54) is 24.0 Å². The van der Waals surface area contributed by atoms with Crippen LogP contribution in [0.4, 0.5) is 0 Å². The van der Waals surface area contributed by atoms with Crippen molar-refractivity contribution in [1.29, 1.82) is 0 Å². The summed E-state index contributed by atoms with van der Waals surface area (Å²) in [5.41, 5.74) is 2.70. The van der Waals surface area contributed by atoms with Crippen LogP contribution < -0.4 is 0 Å². The van der Waals surface area contributed by atoms with Gasteiger partial charge in [0.15, 0.2) is 0 Å². The predicted molar refractivity (Wildman–Crippen MR) is 72.1 cm³/mol. The van der Waals surface area contributed by atoms with Gasteiger partial charge in [-0.3, -0.25) is 4.90 Å². The summed E-state index contributed by atoms with van der Waals surface area (Å²) in [5, 5.41) is 0. The molecule has 0 bridgehead atoms. The van der Waals surface area contributed by atoms with Crippen molar-refractivity contribution in [1.82, 2.24) is 4.90 Å². The summed E-state index contributed by atoms with van der Waals surface area (Å²) in [6, 6.07) is 8.77. The summed E-state index contributed by atoms with van der Waals surface area (Å²) in [4.78, 5) is 2.43. The van der Waals surface area contributed by atoms with Gasteiger partial charge in [0.2, 0.25) is 0 Å². The number of hydrogen-bond acceptors (Lipinski definition) is 1. The first kappa shape index (κ1) is 13.5. The maximum absolute atomic E-state index is 5.82. The molecule has 0 heterocycles. The van der Waals surface area contributed by atoms with E-state index >= 15 is 0 Å². The largest absolute Gasteiger partial charge is 0.298 e. The molecule has 0 spiro atoms. The lowest BCUT2D eigenvalue weighted by Crippen LogP contribution is -2.26. The highest BCUT2D eigenvalue weighted by Gasteiger charge is 2.04. The number of aryl methyl sites for hydroxylation is 1. The lowest BCUT2D eigenvalue weighted by molar-refractivity contribution is 0.277. The molecule has 0 saturated heterocycles. The number of rotatable bonds is 7. The van der Waals surface area contributed by atoms with Gasteiger partial charge in [-0.1, -0.05) is 43.2 Å². The number of benzene rings is 1. The van der Waals surface area contributed by atoms with Crippen molar-refractivity contribution < 1.29 is 0 Å². The second-order valence-electron chi connectivity index (χ2n) is 4.30. The second kappa shape index (κ2) is 7.70. The Balaban J connectivity index is 2.49. The third-order valence-corrected chi connectivity index (χ3v) is 2.92. The Labute approximate surface area is 104 Å². The molecule has 0 aliphatic carbocycles. The van der Waals surface area contributed by atoms with Crippen molar-refractivity contribution in [3.63, 3.8) is 0 Å². The highest BCUT2D eigenvalue weighted by Crippen LogP contribution is 2.08. The summed E-state index contributed by atoms with van der Waals surface area (Å²) in [6.07, 6.45) is 2.50. The number of unbranched alkanes of at least 4 members (excludes halogenated alkanes) is 1. The van der Waals surface area contributed by atoms with Crippen LogP contribution in [-0.4, -0.2) is 23.9 Å². The van der Waals surface area contributed by atoms with Gasteiger partial charge in [0.1, 0.15) is 0 Å². The normalized spacial score (nSPS) is 11.0. The second-order valence-corrected chi connectivity index (χ2v) is 4.68. The summed E-state index contributed by atoms with van der Waals surface area (Å²) >= 11 is 5.82. The average Bonchev–Trinajstić information content (AvgIpc) is 2.29. The molecule has 1 aromatic rings. The lowest BCUT2D eigenvalue weighted by Gasteiger charge is -2.21. The van der Waals surface area contributed by atoms with E-state index in [1.807, 2.05) is 0 Å². The van der Waals surface area contributed by atoms with Gasteiger partial charge in [-0.15, -0.1) is 11.6 Å². The minimum absolute atomic E-state index is 0.718. The molecule has 0 aromatic heterocycles. The fourth-order valence-electron chi connectivity index (χ4n) is 1.72. The van der Waals surface area contributed by atoms with Gasteiger partial charge in [-0.2, -0.15) is 0 Å². The molecule has 0 aliphatic heterocycles. The minimum Gasteiger partial charge on any atom is -0.298 e. The Morgan fingerprint density at radius 1 is 1.12 bits per heavy atom. The highest BCUT2D eigenvalue weighted by molar-refractivity contribution is 6.18. The minimum atomic E-state index is 0.718. The molecule has 0 unspecified atom stereocenters. The fourth-order valence-corrected chi connectivity index (χ4v) is 1.96. The van der Waals surface area contributed by atoms with Gasteiger partial charge < -0.3 is 0 Å². The zero-order valence-electron chi connectivity index (χ0n) is 10.4. The molecular formula is C14H22ClN. The van der Waals surface area contributed by atoms with Crippen molar-refractivity contribution in [2.75, 3.05) is 19.0 Å². The zero-order valence-corrected chi connectivity index (χ0v) is 11.1. The first-order valence-electron chi connectivity index (χ1n) is 6.10. The smallest absolute Gasteiger partial charge is 0.0351 e. The van der Waals surface area contributed by atoms with Crippen LogP contribution in [0.2, 0.25) is 0 Å².